The van der Waals surface area contributed by atoms with E-state index in [2.05, 4.69) is 321 Å². The number of nitriles is 1. The summed E-state index contributed by atoms with van der Waals surface area (Å²) in [6, 6.07) is 118. The number of para-hydroxylation sites is 7. The third-order valence-corrected chi connectivity index (χ3v) is 19.2. The van der Waals surface area contributed by atoms with Crippen LogP contribution in [-0.2, 0) is 0 Å². The van der Waals surface area contributed by atoms with E-state index in [1.165, 1.54) is 21.5 Å². The van der Waals surface area contributed by atoms with E-state index in [9.17, 15) is 5.26 Å². The van der Waals surface area contributed by atoms with Crippen molar-refractivity contribution in [3.8, 4) is 73.1 Å². The molecule has 2 aromatic heterocycles. The molecule has 0 radical (unpaired) electrons. The monoisotopic (exact) mass is 1180 g/mol. The fourth-order valence-corrected chi connectivity index (χ4v) is 15.2. The summed E-state index contributed by atoms with van der Waals surface area (Å²) in [4.78, 5) is 9.34. The lowest BCUT2D eigenvalue weighted by atomic mass is 9.33. The van der Waals surface area contributed by atoms with E-state index in [1.807, 2.05) is 30.3 Å². The maximum atomic E-state index is 11.1. The van der Waals surface area contributed by atoms with E-state index >= 15 is 0 Å². The van der Waals surface area contributed by atoms with Gasteiger partial charge in [-0.15, -0.1) is 0 Å². The third-order valence-electron chi connectivity index (χ3n) is 19.2. The lowest BCUT2D eigenvalue weighted by Gasteiger charge is -2.46. The van der Waals surface area contributed by atoms with Gasteiger partial charge in [-0.05, 0) is 116 Å². The number of rotatable bonds is 9. The molecule has 430 valence electrons. The van der Waals surface area contributed by atoms with Crippen molar-refractivity contribution in [2.45, 2.75) is 0 Å². The van der Waals surface area contributed by atoms with Crippen LogP contribution >= 0.6 is 0 Å². The van der Waals surface area contributed by atoms with E-state index in [1.54, 1.807) is 0 Å². The Morgan fingerprint density at radius 1 is 0.312 bits per heavy atom. The molecule has 2 aliphatic heterocycles. The standard InChI is InChI=1S/C86H53BN6/c1-89-75-42-18-13-33-66(75)72-41-24-39-65(58-29-9-4-10-30-58)86(72)93-81-54-62(91-78-45-21-16-36-69(78)70-37-17-22-46-79(70)91)48-50-74(81)87-73-49-47-61(90-76-43-19-14-34-67(76)68-35-15-20-44-77(68)90)53-80(73)92(82-51-60(52-83(93)84(82)87)56-25-5-2-6-26-56)85-64(57-27-7-3-8-28-57)38-23-40-71(85)63-32-12-11-31-59(63)55-88/h2-54H. The molecule has 0 atom stereocenters. The van der Waals surface area contributed by atoms with Crippen molar-refractivity contribution in [2.24, 2.45) is 0 Å². The molecule has 0 spiro atoms. The van der Waals surface area contributed by atoms with Crippen molar-refractivity contribution >= 4 is 107 Å². The van der Waals surface area contributed by atoms with Crippen molar-refractivity contribution in [1.82, 2.24) is 9.13 Å². The Labute approximate surface area is 539 Å². The van der Waals surface area contributed by atoms with Crippen LogP contribution in [0, 0.1) is 17.9 Å². The summed E-state index contributed by atoms with van der Waals surface area (Å²) in [5.74, 6) is 0. The van der Waals surface area contributed by atoms with E-state index in [0.29, 0.717) is 11.3 Å². The predicted molar refractivity (Wildman–Crippen MR) is 387 cm³/mol. The van der Waals surface area contributed by atoms with Gasteiger partial charge in [-0.1, -0.05) is 255 Å². The molecule has 4 heterocycles. The van der Waals surface area contributed by atoms with Crippen LogP contribution in [-0.4, -0.2) is 15.8 Å². The Balaban J connectivity index is 1.03. The molecule has 0 bridgehead atoms. The number of fused-ring (bicyclic) bond motifs is 10. The van der Waals surface area contributed by atoms with Gasteiger partial charge >= 0.3 is 0 Å². The summed E-state index contributed by atoms with van der Waals surface area (Å²) in [6.07, 6.45) is 0. The van der Waals surface area contributed by atoms with Gasteiger partial charge in [-0.25, -0.2) is 4.85 Å². The molecule has 7 heteroatoms. The molecular formula is C86H53BN6. The van der Waals surface area contributed by atoms with E-state index in [4.69, 9.17) is 6.57 Å². The molecule has 0 unspecified atom stereocenters. The largest absolute Gasteiger partial charge is 0.310 e. The second-order valence-corrected chi connectivity index (χ2v) is 24.0. The minimum absolute atomic E-state index is 0.321. The Kier molecular flexibility index (Phi) is 12.4. The zero-order valence-corrected chi connectivity index (χ0v) is 50.4. The van der Waals surface area contributed by atoms with Crippen molar-refractivity contribution in [3.63, 3.8) is 0 Å². The lowest BCUT2D eigenvalue weighted by Crippen LogP contribution is -2.61. The zero-order valence-electron chi connectivity index (χ0n) is 50.4. The van der Waals surface area contributed by atoms with Crippen LogP contribution in [0.15, 0.2) is 322 Å². The number of benzene rings is 14. The first-order valence-corrected chi connectivity index (χ1v) is 31.5. The molecule has 0 aliphatic carbocycles. The van der Waals surface area contributed by atoms with E-state index in [-0.39, 0.29) is 6.71 Å². The van der Waals surface area contributed by atoms with Crippen molar-refractivity contribution in [2.75, 3.05) is 9.80 Å². The molecule has 6 nitrogen and oxygen atoms in total. The fourth-order valence-electron chi connectivity index (χ4n) is 15.2. The maximum absolute atomic E-state index is 11.1. The van der Waals surface area contributed by atoms with Gasteiger partial charge < -0.3 is 18.9 Å². The molecule has 16 aromatic rings. The highest BCUT2D eigenvalue weighted by molar-refractivity contribution is 7.00. The summed E-state index contributed by atoms with van der Waals surface area (Å²) in [5.41, 5.74) is 26.8. The number of hydrogen-bond acceptors (Lipinski definition) is 3. The van der Waals surface area contributed by atoms with E-state index in [0.717, 1.165) is 140 Å². The maximum Gasteiger partial charge on any atom is 0.252 e. The van der Waals surface area contributed by atoms with Crippen LogP contribution in [0.1, 0.15) is 5.56 Å². The average molecular weight is 1180 g/mol. The van der Waals surface area contributed by atoms with Crippen LogP contribution in [0.3, 0.4) is 0 Å². The van der Waals surface area contributed by atoms with Crippen molar-refractivity contribution in [1.29, 1.82) is 5.26 Å². The molecule has 93 heavy (non-hydrogen) atoms. The highest BCUT2D eigenvalue weighted by Crippen LogP contribution is 2.55. The predicted octanol–water partition coefficient (Wildman–Crippen LogP) is 20.7. The fraction of sp³-hybridized carbons (Fsp3) is 0. The van der Waals surface area contributed by atoms with Gasteiger partial charge in [0.25, 0.3) is 6.71 Å². The topological polar surface area (TPSA) is 44.5 Å². The van der Waals surface area contributed by atoms with Gasteiger partial charge in [0.05, 0.1) is 51.6 Å². The van der Waals surface area contributed by atoms with Crippen LogP contribution in [0.4, 0.5) is 39.8 Å². The molecule has 0 fully saturated rings. The van der Waals surface area contributed by atoms with Crippen molar-refractivity contribution < 1.29 is 0 Å². The smallest absolute Gasteiger partial charge is 0.252 e. The lowest BCUT2D eigenvalue weighted by molar-refractivity contribution is 1.17. The Bertz CT molecular complexity index is 5370. The molecule has 0 N–H and O–H groups in total. The Morgan fingerprint density at radius 2 is 0.688 bits per heavy atom. The van der Waals surface area contributed by atoms with Gasteiger partial charge in [-0.3, -0.25) is 0 Å². The highest BCUT2D eigenvalue weighted by atomic mass is 15.2. The van der Waals surface area contributed by atoms with Gasteiger partial charge in [0, 0.05) is 77.9 Å². The van der Waals surface area contributed by atoms with Gasteiger partial charge in [0.2, 0.25) is 0 Å². The summed E-state index contributed by atoms with van der Waals surface area (Å²) in [6.45, 7) is 8.41. The summed E-state index contributed by atoms with van der Waals surface area (Å²) >= 11 is 0. The van der Waals surface area contributed by atoms with Gasteiger partial charge in [0.15, 0.2) is 5.69 Å². The van der Waals surface area contributed by atoms with Crippen LogP contribution < -0.4 is 26.2 Å². The number of nitrogens with zero attached hydrogens (tertiary/aromatic N) is 6. The first kappa shape index (κ1) is 53.4. The number of anilines is 6. The third kappa shape index (κ3) is 8.28. The second kappa shape index (κ2) is 21.5. The average Bonchev–Trinajstić information content (AvgIpc) is 1.19. The Hall–Kier alpha value is -12.7. The molecule has 2 aliphatic rings. The number of hydrogen-bond donors (Lipinski definition) is 0. The highest BCUT2D eigenvalue weighted by Gasteiger charge is 2.46. The van der Waals surface area contributed by atoms with Gasteiger partial charge in [0.1, 0.15) is 0 Å². The first-order chi connectivity index (χ1) is 46.1. The van der Waals surface area contributed by atoms with Crippen molar-refractivity contribution in [3.05, 3.63) is 338 Å². The summed E-state index contributed by atoms with van der Waals surface area (Å²) in [5, 5.41) is 15.9. The van der Waals surface area contributed by atoms with Crippen LogP contribution in [0.5, 0.6) is 0 Å². The molecular weight excluding hydrogens is 1130 g/mol. The molecule has 0 saturated carbocycles. The molecule has 0 saturated heterocycles. The first-order valence-electron chi connectivity index (χ1n) is 31.5. The van der Waals surface area contributed by atoms with Crippen LogP contribution in [0.25, 0.3) is 115 Å². The molecule has 0 amide bonds. The number of aromatic nitrogens is 2. The van der Waals surface area contributed by atoms with Crippen LogP contribution in [0.2, 0.25) is 0 Å². The quantitative estimate of drug-likeness (QED) is 0.107. The summed E-state index contributed by atoms with van der Waals surface area (Å²) in [7, 11) is 0. The summed E-state index contributed by atoms with van der Waals surface area (Å²) < 4.78 is 4.86. The molecule has 14 aromatic carbocycles. The normalized spacial score (nSPS) is 12.2. The minimum Gasteiger partial charge on any atom is -0.310 e. The minimum atomic E-state index is -0.321. The van der Waals surface area contributed by atoms with Gasteiger partial charge in [-0.2, -0.15) is 5.26 Å². The zero-order chi connectivity index (χ0) is 61.7. The Morgan fingerprint density at radius 3 is 1.15 bits per heavy atom. The molecule has 18 rings (SSSR count). The van der Waals surface area contributed by atoms with E-state index < -0.39 is 0 Å². The second-order valence-electron chi connectivity index (χ2n) is 24.0. The SMILES string of the molecule is [C-]#[N+]c1ccccc1-c1cccc(-c2ccccc2)c1N1c2cc(-n3c4ccccc4c4ccccc43)ccc2B2c3ccc(-n4c5ccccc5c5ccccc54)cc3N(c3c(-c4ccccc4)cccc3-c3ccccc3C#N)c3cc(-c4ccccc4)cc1c32.